The molecule has 0 bridgehead atoms. The van der Waals surface area contributed by atoms with Crippen LogP contribution in [0.5, 0.6) is 0 Å². The number of anilines is 1. The minimum absolute atomic E-state index is 0.150. The Bertz CT molecular complexity index is 843. The van der Waals surface area contributed by atoms with Crippen LogP contribution in [-0.4, -0.2) is 42.9 Å². The molecule has 0 fully saturated rings. The number of nitrogens with one attached hydrogen (secondary N) is 3. The van der Waals surface area contributed by atoms with Crippen molar-refractivity contribution in [3.05, 3.63) is 64.1 Å². The third-order valence-corrected chi connectivity index (χ3v) is 4.45. The molecule has 2 aromatic carbocycles. The number of rotatable bonds is 7. The second kappa shape index (κ2) is 10.5. The molecule has 0 spiro atoms. The second-order valence-electron chi connectivity index (χ2n) is 6.28. The molecule has 2 rings (SSSR count). The van der Waals surface area contributed by atoms with Crippen molar-refractivity contribution < 1.29 is 14.4 Å². The number of amides is 4. The number of aryl methyl sites for hydroxylation is 1. The van der Waals surface area contributed by atoms with Crippen LogP contribution in [0.3, 0.4) is 0 Å². The third-order valence-electron chi connectivity index (χ3n) is 3.96. The van der Waals surface area contributed by atoms with Crippen molar-refractivity contribution in [2.75, 3.05) is 25.5 Å². The summed E-state index contributed by atoms with van der Waals surface area (Å²) in [5.41, 5.74) is 2.58. The molecule has 0 radical (unpaired) electrons. The number of carbonyl (C=O) groups excluding carboxylic acids is 3. The van der Waals surface area contributed by atoms with Gasteiger partial charge in [-0.05, 0) is 36.2 Å². The molecule has 0 aliphatic rings. The molecule has 28 heavy (non-hydrogen) atoms. The summed E-state index contributed by atoms with van der Waals surface area (Å²) in [7, 11) is 1.67. The van der Waals surface area contributed by atoms with E-state index >= 15 is 0 Å². The molecule has 0 heterocycles. The molecule has 0 saturated carbocycles. The van der Waals surface area contributed by atoms with E-state index in [0.29, 0.717) is 12.2 Å². The molecule has 0 saturated heterocycles. The zero-order valence-electron chi connectivity index (χ0n) is 15.8. The highest BCUT2D eigenvalue weighted by atomic mass is 79.9. The summed E-state index contributed by atoms with van der Waals surface area (Å²) in [6.07, 6.45) is 0. The quantitative estimate of drug-likeness (QED) is 0.610. The van der Waals surface area contributed by atoms with E-state index in [1.165, 1.54) is 4.90 Å². The molecule has 0 aliphatic carbocycles. The highest BCUT2D eigenvalue weighted by Crippen LogP contribution is 2.19. The molecule has 0 atom stereocenters. The van der Waals surface area contributed by atoms with E-state index in [-0.39, 0.29) is 24.9 Å². The number of urea groups is 1. The average Bonchev–Trinajstić information content (AvgIpc) is 2.67. The number of likely N-dealkylation sites (N-methyl/N-ethyl adjacent to an activating group) is 1. The van der Waals surface area contributed by atoms with Gasteiger partial charge in [0.15, 0.2) is 0 Å². The number of benzene rings is 2. The maximum Gasteiger partial charge on any atom is 0.315 e. The van der Waals surface area contributed by atoms with Crippen LogP contribution >= 0.6 is 15.9 Å². The minimum atomic E-state index is -0.580. The Morgan fingerprint density at radius 1 is 1.00 bits per heavy atom. The van der Waals surface area contributed by atoms with Gasteiger partial charge >= 0.3 is 6.03 Å². The largest absolute Gasteiger partial charge is 0.340 e. The average molecular weight is 447 g/mol. The van der Waals surface area contributed by atoms with Crippen LogP contribution in [0.4, 0.5) is 10.5 Å². The summed E-state index contributed by atoms with van der Waals surface area (Å²) in [6, 6.07) is 14.5. The number of hydrogen-bond donors (Lipinski definition) is 3. The van der Waals surface area contributed by atoms with Gasteiger partial charge in [0, 0.05) is 23.8 Å². The molecule has 7 nitrogen and oxygen atoms in total. The van der Waals surface area contributed by atoms with Gasteiger partial charge in [0.2, 0.25) is 11.8 Å². The number of halogens is 1. The summed E-state index contributed by atoms with van der Waals surface area (Å²) >= 11 is 3.36. The van der Waals surface area contributed by atoms with Gasteiger partial charge in [-0.2, -0.15) is 0 Å². The van der Waals surface area contributed by atoms with E-state index in [2.05, 4.69) is 31.9 Å². The van der Waals surface area contributed by atoms with Gasteiger partial charge in [0.1, 0.15) is 0 Å². The predicted molar refractivity (Wildman–Crippen MR) is 112 cm³/mol. The van der Waals surface area contributed by atoms with Gasteiger partial charge in [-0.25, -0.2) is 4.79 Å². The number of hydrogen-bond acceptors (Lipinski definition) is 3. The summed E-state index contributed by atoms with van der Waals surface area (Å²) < 4.78 is 0.919. The lowest BCUT2D eigenvalue weighted by Crippen LogP contribution is -2.44. The maximum atomic E-state index is 12.1. The van der Waals surface area contributed by atoms with Gasteiger partial charge in [-0.15, -0.1) is 0 Å². The summed E-state index contributed by atoms with van der Waals surface area (Å²) in [6.45, 7) is 1.98. The zero-order chi connectivity index (χ0) is 20.5. The van der Waals surface area contributed by atoms with Crippen LogP contribution < -0.4 is 16.0 Å². The van der Waals surface area contributed by atoms with Crippen LogP contribution in [0, 0.1) is 6.92 Å². The predicted octanol–water partition coefficient (Wildman–Crippen LogP) is 2.65. The van der Waals surface area contributed by atoms with Gasteiger partial charge in [0.05, 0.1) is 13.1 Å². The Hall–Kier alpha value is -2.87. The smallest absolute Gasteiger partial charge is 0.315 e. The molecule has 3 N–H and O–H groups in total. The molecule has 148 valence electrons. The Morgan fingerprint density at radius 3 is 2.36 bits per heavy atom. The Balaban J connectivity index is 1.70. The zero-order valence-corrected chi connectivity index (χ0v) is 17.4. The third kappa shape index (κ3) is 7.03. The van der Waals surface area contributed by atoms with Gasteiger partial charge in [-0.3, -0.25) is 9.59 Å². The van der Waals surface area contributed by atoms with Gasteiger partial charge < -0.3 is 20.9 Å². The highest BCUT2D eigenvalue weighted by Gasteiger charge is 2.12. The van der Waals surface area contributed by atoms with Crippen LogP contribution in [0.1, 0.15) is 11.1 Å². The normalized spacial score (nSPS) is 10.1. The van der Waals surface area contributed by atoms with E-state index in [1.807, 2.05) is 49.4 Å². The SMILES string of the molecule is Cc1cc(Br)ccc1NC(=O)CNC(=O)NCC(=O)N(C)Cc1ccccc1. The Morgan fingerprint density at radius 2 is 1.68 bits per heavy atom. The molecular formula is C20H23BrN4O3. The monoisotopic (exact) mass is 446 g/mol. The summed E-state index contributed by atoms with van der Waals surface area (Å²) in [5, 5.41) is 7.62. The van der Waals surface area contributed by atoms with Crippen LogP contribution in [0.15, 0.2) is 53.0 Å². The first kappa shape index (κ1) is 21.4. The van der Waals surface area contributed by atoms with Crippen LogP contribution in [0.25, 0.3) is 0 Å². The van der Waals surface area contributed by atoms with Crippen molar-refractivity contribution >= 4 is 39.5 Å². The van der Waals surface area contributed by atoms with E-state index in [9.17, 15) is 14.4 Å². The molecule has 0 aliphatic heterocycles. The minimum Gasteiger partial charge on any atom is -0.340 e. The van der Waals surface area contributed by atoms with E-state index < -0.39 is 6.03 Å². The van der Waals surface area contributed by atoms with Gasteiger partial charge in [0.25, 0.3) is 0 Å². The van der Waals surface area contributed by atoms with Crippen LogP contribution in [-0.2, 0) is 16.1 Å². The lowest BCUT2D eigenvalue weighted by atomic mass is 10.2. The van der Waals surface area contributed by atoms with Crippen molar-refractivity contribution in [3.8, 4) is 0 Å². The first-order valence-electron chi connectivity index (χ1n) is 8.70. The van der Waals surface area contributed by atoms with Crippen molar-refractivity contribution in [2.24, 2.45) is 0 Å². The highest BCUT2D eigenvalue weighted by molar-refractivity contribution is 9.10. The van der Waals surface area contributed by atoms with Crippen molar-refractivity contribution in [1.82, 2.24) is 15.5 Å². The Labute approximate surface area is 172 Å². The summed E-state index contributed by atoms with van der Waals surface area (Å²) in [5.74, 6) is -0.581. The topological polar surface area (TPSA) is 90.5 Å². The lowest BCUT2D eigenvalue weighted by Gasteiger charge is -2.17. The molecular weight excluding hydrogens is 424 g/mol. The van der Waals surface area contributed by atoms with Crippen molar-refractivity contribution in [3.63, 3.8) is 0 Å². The molecule has 0 unspecified atom stereocenters. The molecule has 8 heteroatoms. The fraction of sp³-hybridized carbons (Fsp3) is 0.250. The number of carbonyl (C=O) groups is 3. The maximum absolute atomic E-state index is 12.1. The van der Waals surface area contributed by atoms with Crippen molar-refractivity contribution in [1.29, 1.82) is 0 Å². The van der Waals surface area contributed by atoms with Crippen molar-refractivity contribution in [2.45, 2.75) is 13.5 Å². The van der Waals surface area contributed by atoms with E-state index in [1.54, 1.807) is 13.1 Å². The molecule has 2 aromatic rings. The fourth-order valence-electron chi connectivity index (χ4n) is 2.42. The summed E-state index contributed by atoms with van der Waals surface area (Å²) in [4.78, 5) is 37.4. The first-order chi connectivity index (χ1) is 13.3. The van der Waals surface area contributed by atoms with E-state index in [0.717, 1.165) is 15.6 Å². The number of nitrogens with zero attached hydrogens (tertiary/aromatic N) is 1. The van der Waals surface area contributed by atoms with Gasteiger partial charge in [-0.1, -0.05) is 46.3 Å². The second-order valence-corrected chi connectivity index (χ2v) is 7.19. The first-order valence-corrected chi connectivity index (χ1v) is 9.50. The van der Waals surface area contributed by atoms with E-state index in [4.69, 9.17) is 0 Å². The molecule has 0 aromatic heterocycles. The lowest BCUT2D eigenvalue weighted by molar-refractivity contribution is -0.129. The molecule has 4 amide bonds. The fourth-order valence-corrected chi connectivity index (χ4v) is 2.90. The standard InChI is InChI=1S/C20H23BrN4O3/c1-14-10-16(21)8-9-17(14)24-18(26)11-22-20(28)23-12-19(27)25(2)13-15-6-4-3-5-7-15/h3-10H,11-13H2,1-2H3,(H,24,26)(H2,22,23,28). The van der Waals surface area contributed by atoms with Crippen LogP contribution in [0.2, 0.25) is 0 Å². The Kier molecular flexibility index (Phi) is 8.01.